The molecule has 0 aliphatic rings. The molecule has 0 bridgehead atoms. The van der Waals surface area contributed by atoms with Crippen LogP contribution >= 0.6 is 15.9 Å². The Kier molecular flexibility index (Phi) is 3.31. The highest BCUT2D eigenvalue weighted by atomic mass is 79.9. The minimum atomic E-state index is -0.667. The largest absolute Gasteiger partial charge is 0.451 e. The predicted molar refractivity (Wildman–Crippen MR) is 65.8 cm³/mol. The van der Waals surface area contributed by atoms with Crippen LogP contribution in [0.1, 0.15) is 16.1 Å². The molecule has 0 aliphatic carbocycles. The molecular weight excluding hydrogens is 286 g/mol. The van der Waals surface area contributed by atoms with Crippen molar-refractivity contribution in [3.05, 3.63) is 46.1 Å². The van der Waals surface area contributed by atoms with Crippen molar-refractivity contribution in [3.8, 4) is 11.3 Å². The van der Waals surface area contributed by atoms with Crippen LogP contribution in [0, 0.1) is 6.92 Å². The fourth-order valence-corrected chi connectivity index (χ4v) is 2.17. The van der Waals surface area contributed by atoms with Crippen LogP contribution < -0.4 is 5.48 Å². The van der Waals surface area contributed by atoms with Crippen LogP contribution in [0.3, 0.4) is 0 Å². The van der Waals surface area contributed by atoms with Gasteiger partial charge in [0.15, 0.2) is 5.76 Å². The van der Waals surface area contributed by atoms with Gasteiger partial charge >= 0.3 is 5.91 Å². The molecule has 1 heterocycles. The third-order valence-corrected chi connectivity index (χ3v) is 2.98. The zero-order valence-electron chi connectivity index (χ0n) is 9.03. The summed E-state index contributed by atoms with van der Waals surface area (Å²) in [6, 6.07) is 9.00. The first-order valence-electron chi connectivity index (χ1n) is 4.92. The SMILES string of the molecule is Cc1ccc(-c2ccc(C(=O)NO)o2)c(Br)c1. The van der Waals surface area contributed by atoms with Crippen molar-refractivity contribution >= 4 is 21.8 Å². The summed E-state index contributed by atoms with van der Waals surface area (Å²) in [6.45, 7) is 1.99. The number of amides is 1. The van der Waals surface area contributed by atoms with Crippen LogP contribution in [0.4, 0.5) is 0 Å². The summed E-state index contributed by atoms with van der Waals surface area (Å²) >= 11 is 3.44. The van der Waals surface area contributed by atoms with Gasteiger partial charge in [0.25, 0.3) is 0 Å². The molecule has 2 aromatic rings. The molecule has 0 fully saturated rings. The Hall–Kier alpha value is -1.59. The van der Waals surface area contributed by atoms with Gasteiger partial charge in [0.05, 0.1) is 0 Å². The van der Waals surface area contributed by atoms with Crippen LogP contribution in [-0.2, 0) is 0 Å². The van der Waals surface area contributed by atoms with Gasteiger partial charge in [0.2, 0.25) is 0 Å². The second kappa shape index (κ2) is 4.73. The van der Waals surface area contributed by atoms with Crippen LogP contribution in [0.25, 0.3) is 11.3 Å². The summed E-state index contributed by atoms with van der Waals surface area (Å²) in [5.74, 6) is -0.0371. The van der Waals surface area contributed by atoms with Gasteiger partial charge in [-0.25, -0.2) is 5.48 Å². The first-order valence-corrected chi connectivity index (χ1v) is 5.72. The van der Waals surface area contributed by atoms with Gasteiger partial charge in [-0.05, 0) is 36.8 Å². The molecule has 1 aromatic heterocycles. The van der Waals surface area contributed by atoms with Gasteiger partial charge in [-0.2, -0.15) is 0 Å². The first kappa shape index (κ1) is 11.9. The van der Waals surface area contributed by atoms with Gasteiger partial charge < -0.3 is 4.42 Å². The number of furan rings is 1. The van der Waals surface area contributed by atoms with E-state index in [1.807, 2.05) is 25.1 Å². The summed E-state index contributed by atoms with van der Waals surface area (Å²) < 4.78 is 6.23. The average Bonchev–Trinajstić information content (AvgIpc) is 2.77. The number of rotatable bonds is 2. The Balaban J connectivity index is 2.40. The minimum absolute atomic E-state index is 0.0648. The van der Waals surface area contributed by atoms with Gasteiger partial charge in [-0.3, -0.25) is 10.0 Å². The lowest BCUT2D eigenvalue weighted by Crippen LogP contribution is -2.17. The number of carbonyl (C=O) groups excluding carboxylic acids is 1. The van der Waals surface area contributed by atoms with Gasteiger partial charge in [0, 0.05) is 10.0 Å². The lowest BCUT2D eigenvalue weighted by molar-refractivity contribution is 0.0677. The molecule has 5 heteroatoms. The van der Waals surface area contributed by atoms with E-state index in [-0.39, 0.29) is 5.76 Å². The maximum Gasteiger partial charge on any atom is 0.310 e. The lowest BCUT2D eigenvalue weighted by Gasteiger charge is -2.02. The number of halogens is 1. The summed E-state index contributed by atoms with van der Waals surface area (Å²) in [6.07, 6.45) is 0. The normalized spacial score (nSPS) is 10.3. The Morgan fingerprint density at radius 3 is 2.76 bits per heavy atom. The molecule has 1 amide bonds. The van der Waals surface area contributed by atoms with Crippen LogP contribution in [0.5, 0.6) is 0 Å². The van der Waals surface area contributed by atoms with Crippen LogP contribution in [-0.4, -0.2) is 11.1 Å². The number of hydrogen-bond acceptors (Lipinski definition) is 3. The summed E-state index contributed by atoms with van der Waals surface area (Å²) in [5, 5.41) is 8.49. The Labute approximate surface area is 106 Å². The van der Waals surface area contributed by atoms with Crippen molar-refractivity contribution in [2.75, 3.05) is 0 Å². The van der Waals surface area contributed by atoms with E-state index < -0.39 is 5.91 Å². The maximum atomic E-state index is 11.1. The van der Waals surface area contributed by atoms with E-state index in [1.54, 1.807) is 6.07 Å². The van der Waals surface area contributed by atoms with E-state index in [4.69, 9.17) is 9.62 Å². The van der Waals surface area contributed by atoms with Crippen molar-refractivity contribution < 1.29 is 14.4 Å². The van der Waals surface area contributed by atoms with Gasteiger partial charge in [-0.15, -0.1) is 0 Å². The van der Waals surface area contributed by atoms with Gasteiger partial charge in [0.1, 0.15) is 5.76 Å². The minimum Gasteiger partial charge on any atom is -0.451 e. The zero-order chi connectivity index (χ0) is 12.4. The predicted octanol–water partition coefficient (Wildman–Crippen LogP) is 3.14. The summed E-state index contributed by atoms with van der Waals surface area (Å²) in [5.41, 5.74) is 3.51. The van der Waals surface area contributed by atoms with E-state index in [1.165, 1.54) is 11.5 Å². The second-order valence-electron chi connectivity index (χ2n) is 3.59. The highest BCUT2D eigenvalue weighted by molar-refractivity contribution is 9.10. The molecule has 1 aromatic carbocycles. The average molecular weight is 296 g/mol. The van der Waals surface area contributed by atoms with Crippen LogP contribution in [0.2, 0.25) is 0 Å². The Bertz CT molecular complexity index is 563. The monoisotopic (exact) mass is 295 g/mol. The van der Waals surface area contributed by atoms with Crippen LogP contribution in [0.15, 0.2) is 39.2 Å². The maximum absolute atomic E-state index is 11.1. The lowest BCUT2D eigenvalue weighted by atomic mass is 10.1. The van der Waals surface area contributed by atoms with Crippen molar-refractivity contribution in [3.63, 3.8) is 0 Å². The zero-order valence-corrected chi connectivity index (χ0v) is 10.6. The smallest absolute Gasteiger partial charge is 0.310 e. The highest BCUT2D eigenvalue weighted by Crippen LogP contribution is 2.30. The number of carbonyl (C=O) groups is 1. The standard InChI is InChI=1S/C12H10BrNO3/c1-7-2-3-8(9(13)6-7)10-4-5-11(17-10)12(15)14-16/h2-6,16H,1H3,(H,14,15). The van der Waals surface area contributed by atoms with E-state index in [9.17, 15) is 4.79 Å². The number of benzene rings is 1. The summed E-state index contributed by atoms with van der Waals surface area (Å²) in [7, 11) is 0. The van der Waals surface area contributed by atoms with Crippen molar-refractivity contribution in [2.24, 2.45) is 0 Å². The molecule has 17 heavy (non-hydrogen) atoms. The topological polar surface area (TPSA) is 62.5 Å². The van der Waals surface area contributed by atoms with Crippen molar-refractivity contribution in [2.45, 2.75) is 6.92 Å². The van der Waals surface area contributed by atoms with E-state index >= 15 is 0 Å². The molecular formula is C12H10BrNO3. The van der Waals surface area contributed by atoms with E-state index in [2.05, 4.69) is 15.9 Å². The quantitative estimate of drug-likeness (QED) is 0.661. The molecule has 0 unspecified atom stereocenters. The van der Waals surface area contributed by atoms with Gasteiger partial charge in [-0.1, -0.05) is 22.0 Å². The number of nitrogens with one attached hydrogen (secondary N) is 1. The molecule has 4 nitrogen and oxygen atoms in total. The summed E-state index contributed by atoms with van der Waals surface area (Å²) in [4.78, 5) is 11.1. The molecule has 0 spiro atoms. The fraction of sp³-hybridized carbons (Fsp3) is 0.0833. The third kappa shape index (κ3) is 2.40. The third-order valence-electron chi connectivity index (χ3n) is 2.32. The molecule has 2 N–H and O–H groups in total. The molecule has 0 radical (unpaired) electrons. The molecule has 0 saturated carbocycles. The molecule has 2 rings (SSSR count). The Morgan fingerprint density at radius 2 is 2.12 bits per heavy atom. The molecule has 0 saturated heterocycles. The fourth-order valence-electron chi connectivity index (χ4n) is 1.48. The van der Waals surface area contributed by atoms with Crippen molar-refractivity contribution in [1.29, 1.82) is 0 Å². The molecule has 88 valence electrons. The van der Waals surface area contributed by atoms with E-state index in [0.717, 1.165) is 15.6 Å². The number of hydroxylamine groups is 1. The molecule has 0 atom stereocenters. The number of aryl methyl sites for hydroxylation is 1. The Morgan fingerprint density at radius 1 is 1.35 bits per heavy atom. The van der Waals surface area contributed by atoms with E-state index in [0.29, 0.717) is 5.76 Å². The second-order valence-corrected chi connectivity index (χ2v) is 4.44. The van der Waals surface area contributed by atoms with Crippen molar-refractivity contribution in [1.82, 2.24) is 5.48 Å². The highest BCUT2D eigenvalue weighted by Gasteiger charge is 2.12. The first-order chi connectivity index (χ1) is 8.11. The number of hydrogen-bond donors (Lipinski definition) is 2. The molecule has 0 aliphatic heterocycles.